The van der Waals surface area contributed by atoms with Crippen LogP contribution < -0.4 is 5.73 Å². The standard InChI is InChI=1S/C15H22N2O2/c1-10-4-11(2)14(12(3)5-10)7-17-13(6-16)8-19-9-15(17)18/h4-5,13H,6-9,16H2,1-3H3. The van der Waals surface area contributed by atoms with Crippen LogP contribution in [0.1, 0.15) is 22.3 Å². The van der Waals surface area contributed by atoms with Crippen LogP contribution in [0.5, 0.6) is 0 Å². The van der Waals surface area contributed by atoms with Crippen molar-refractivity contribution in [1.82, 2.24) is 4.90 Å². The molecule has 1 atom stereocenters. The Hall–Kier alpha value is -1.39. The maximum absolute atomic E-state index is 12.0. The van der Waals surface area contributed by atoms with Gasteiger partial charge in [-0.05, 0) is 37.5 Å². The second-order valence-electron chi connectivity index (χ2n) is 5.30. The van der Waals surface area contributed by atoms with Crippen molar-refractivity contribution < 1.29 is 9.53 Å². The molecule has 4 nitrogen and oxygen atoms in total. The molecule has 0 spiro atoms. The summed E-state index contributed by atoms with van der Waals surface area (Å²) >= 11 is 0. The fraction of sp³-hybridized carbons (Fsp3) is 0.533. The minimum atomic E-state index is -0.0126. The Bertz CT molecular complexity index is 462. The summed E-state index contributed by atoms with van der Waals surface area (Å²) in [4.78, 5) is 13.9. The number of carbonyl (C=O) groups excluding carboxylic acids is 1. The maximum atomic E-state index is 12.0. The monoisotopic (exact) mass is 262 g/mol. The number of ether oxygens (including phenoxy) is 1. The molecule has 1 heterocycles. The third-order valence-corrected chi connectivity index (χ3v) is 3.74. The van der Waals surface area contributed by atoms with Gasteiger partial charge in [-0.15, -0.1) is 0 Å². The van der Waals surface area contributed by atoms with E-state index in [1.54, 1.807) is 0 Å². The van der Waals surface area contributed by atoms with Crippen LogP contribution in [-0.2, 0) is 16.1 Å². The minimum absolute atomic E-state index is 0.0126. The number of morpholine rings is 1. The van der Waals surface area contributed by atoms with Crippen LogP contribution in [0.25, 0.3) is 0 Å². The number of benzene rings is 1. The van der Waals surface area contributed by atoms with Gasteiger partial charge >= 0.3 is 0 Å². The Morgan fingerprint density at radius 1 is 1.32 bits per heavy atom. The molecule has 1 aromatic rings. The first-order valence-electron chi connectivity index (χ1n) is 6.67. The van der Waals surface area contributed by atoms with E-state index in [4.69, 9.17) is 10.5 Å². The largest absolute Gasteiger partial charge is 0.369 e. The van der Waals surface area contributed by atoms with Crippen LogP contribution in [0.2, 0.25) is 0 Å². The normalized spacial score (nSPS) is 19.9. The lowest BCUT2D eigenvalue weighted by atomic mass is 9.98. The summed E-state index contributed by atoms with van der Waals surface area (Å²) in [5.41, 5.74) is 10.7. The van der Waals surface area contributed by atoms with Crippen molar-refractivity contribution in [3.05, 3.63) is 34.4 Å². The van der Waals surface area contributed by atoms with Crippen LogP contribution in [0.3, 0.4) is 0 Å². The predicted molar refractivity (Wildman–Crippen MR) is 74.9 cm³/mol. The zero-order valence-electron chi connectivity index (χ0n) is 11.9. The fourth-order valence-corrected chi connectivity index (χ4v) is 2.70. The van der Waals surface area contributed by atoms with E-state index in [1.165, 1.54) is 22.3 Å². The van der Waals surface area contributed by atoms with Gasteiger partial charge in [0.1, 0.15) is 6.61 Å². The van der Waals surface area contributed by atoms with Gasteiger partial charge in [-0.1, -0.05) is 17.7 Å². The summed E-state index contributed by atoms with van der Waals surface area (Å²) < 4.78 is 5.26. The van der Waals surface area contributed by atoms with Crippen LogP contribution in [-0.4, -0.2) is 36.6 Å². The number of hydrogen-bond donors (Lipinski definition) is 1. The molecule has 1 saturated heterocycles. The molecule has 0 aromatic heterocycles. The van der Waals surface area contributed by atoms with E-state index in [0.717, 1.165) is 0 Å². The van der Waals surface area contributed by atoms with E-state index in [2.05, 4.69) is 32.9 Å². The highest BCUT2D eigenvalue weighted by atomic mass is 16.5. The maximum Gasteiger partial charge on any atom is 0.249 e. The number of rotatable bonds is 3. The summed E-state index contributed by atoms with van der Waals surface area (Å²) in [7, 11) is 0. The first-order chi connectivity index (χ1) is 9.02. The van der Waals surface area contributed by atoms with E-state index >= 15 is 0 Å². The van der Waals surface area contributed by atoms with Crippen molar-refractivity contribution in [2.24, 2.45) is 5.73 Å². The summed E-state index contributed by atoms with van der Waals surface area (Å²) in [5.74, 6) is 0.0288. The summed E-state index contributed by atoms with van der Waals surface area (Å²) in [6.07, 6.45) is 0. The molecule has 1 fully saturated rings. The highest BCUT2D eigenvalue weighted by Gasteiger charge is 2.28. The summed E-state index contributed by atoms with van der Waals surface area (Å²) in [6, 6.07) is 4.30. The average Bonchev–Trinajstić information content (AvgIpc) is 2.34. The predicted octanol–water partition coefficient (Wildman–Crippen LogP) is 1.30. The second-order valence-corrected chi connectivity index (χ2v) is 5.30. The number of aryl methyl sites for hydroxylation is 3. The average molecular weight is 262 g/mol. The zero-order valence-corrected chi connectivity index (χ0v) is 11.9. The summed E-state index contributed by atoms with van der Waals surface area (Å²) in [5, 5.41) is 0. The molecule has 0 bridgehead atoms. The molecule has 1 aromatic carbocycles. The highest BCUT2D eigenvalue weighted by molar-refractivity contribution is 5.78. The number of carbonyl (C=O) groups is 1. The number of hydrogen-bond acceptors (Lipinski definition) is 3. The molecular formula is C15H22N2O2. The van der Waals surface area contributed by atoms with Crippen molar-refractivity contribution in [1.29, 1.82) is 0 Å². The molecule has 2 N–H and O–H groups in total. The molecule has 1 aliphatic heterocycles. The lowest BCUT2D eigenvalue weighted by molar-refractivity contribution is -0.148. The van der Waals surface area contributed by atoms with Gasteiger partial charge in [-0.3, -0.25) is 4.79 Å². The molecule has 104 valence electrons. The molecule has 4 heteroatoms. The first kappa shape index (κ1) is 14.0. The van der Waals surface area contributed by atoms with Crippen LogP contribution in [0, 0.1) is 20.8 Å². The molecule has 0 aliphatic carbocycles. The SMILES string of the molecule is Cc1cc(C)c(CN2C(=O)COCC2CN)c(C)c1. The van der Waals surface area contributed by atoms with E-state index < -0.39 is 0 Å². The summed E-state index contributed by atoms with van der Waals surface area (Å²) in [6.45, 7) is 8.05. The first-order valence-corrected chi connectivity index (χ1v) is 6.67. The van der Waals surface area contributed by atoms with Gasteiger partial charge in [0.2, 0.25) is 5.91 Å². The van der Waals surface area contributed by atoms with Crippen molar-refractivity contribution in [2.75, 3.05) is 19.8 Å². The Labute approximate surface area is 114 Å². The Kier molecular flexibility index (Phi) is 4.22. The van der Waals surface area contributed by atoms with Gasteiger partial charge < -0.3 is 15.4 Å². The third kappa shape index (κ3) is 2.96. The van der Waals surface area contributed by atoms with Gasteiger partial charge in [0.15, 0.2) is 0 Å². The lowest BCUT2D eigenvalue weighted by Gasteiger charge is -2.35. The van der Waals surface area contributed by atoms with Gasteiger partial charge in [0, 0.05) is 13.1 Å². The Morgan fingerprint density at radius 3 is 2.53 bits per heavy atom. The molecule has 0 radical (unpaired) electrons. The second kappa shape index (κ2) is 5.72. The molecule has 1 aliphatic rings. The topological polar surface area (TPSA) is 55.6 Å². The number of nitrogens with two attached hydrogens (primary N) is 1. The van der Waals surface area contributed by atoms with E-state index in [9.17, 15) is 4.79 Å². The van der Waals surface area contributed by atoms with Crippen molar-refractivity contribution in [3.8, 4) is 0 Å². The Morgan fingerprint density at radius 2 is 1.95 bits per heavy atom. The number of nitrogens with zero attached hydrogens (tertiary/aromatic N) is 1. The third-order valence-electron chi connectivity index (χ3n) is 3.74. The van der Waals surface area contributed by atoms with Crippen LogP contribution in [0.4, 0.5) is 0 Å². The van der Waals surface area contributed by atoms with E-state index in [1.807, 2.05) is 4.90 Å². The van der Waals surface area contributed by atoms with E-state index in [0.29, 0.717) is 19.7 Å². The molecule has 2 rings (SSSR count). The lowest BCUT2D eigenvalue weighted by Crippen LogP contribution is -2.52. The molecule has 1 amide bonds. The van der Waals surface area contributed by atoms with Gasteiger partial charge in [0.25, 0.3) is 0 Å². The molecule has 0 saturated carbocycles. The van der Waals surface area contributed by atoms with Crippen LogP contribution >= 0.6 is 0 Å². The fourth-order valence-electron chi connectivity index (χ4n) is 2.70. The van der Waals surface area contributed by atoms with Crippen molar-refractivity contribution >= 4 is 5.91 Å². The van der Waals surface area contributed by atoms with E-state index in [-0.39, 0.29) is 18.6 Å². The number of amides is 1. The van der Waals surface area contributed by atoms with Gasteiger partial charge in [0.05, 0.1) is 12.6 Å². The van der Waals surface area contributed by atoms with Crippen molar-refractivity contribution in [3.63, 3.8) is 0 Å². The smallest absolute Gasteiger partial charge is 0.249 e. The van der Waals surface area contributed by atoms with Crippen LogP contribution in [0.15, 0.2) is 12.1 Å². The molecular weight excluding hydrogens is 240 g/mol. The molecule has 1 unspecified atom stereocenters. The van der Waals surface area contributed by atoms with Crippen molar-refractivity contribution in [2.45, 2.75) is 33.4 Å². The quantitative estimate of drug-likeness (QED) is 0.893. The minimum Gasteiger partial charge on any atom is -0.369 e. The van der Waals surface area contributed by atoms with Gasteiger partial charge in [-0.25, -0.2) is 0 Å². The molecule has 19 heavy (non-hydrogen) atoms. The zero-order chi connectivity index (χ0) is 14.0. The highest BCUT2D eigenvalue weighted by Crippen LogP contribution is 2.20. The van der Waals surface area contributed by atoms with Gasteiger partial charge in [-0.2, -0.15) is 0 Å². The Balaban J connectivity index is 2.26.